The van der Waals surface area contributed by atoms with E-state index in [1.54, 1.807) is 11.3 Å². The predicted molar refractivity (Wildman–Crippen MR) is 59.0 cm³/mol. The maximum absolute atomic E-state index is 10.1. The van der Waals surface area contributed by atoms with E-state index in [9.17, 15) is 4.79 Å². The molecular weight excluding hydrogens is 250 g/mol. The van der Waals surface area contributed by atoms with Crippen molar-refractivity contribution in [3.63, 3.8) is 0 Å². The third kappa shape index (κ3) is 4.02. The minimum absolute atomic E-state index is 0.614. The number of halogens is 1. The largest absolute Gasteiger partial charge is 0.303 e. The van der Waals surface area contributed by atoms with Gasteiger partial charge < -0.3 is 9.69 Å². The minimum atomic E-state index is 0.614. The molecule has 2 nitrogen and oxygen atoms in total. The molecule has 72 valence electrons. The van der Waals surface area contributed by atoms with Gasteiger partial charge in [0, 0.05) is 34.2 Å². The summed E-state index contributed by atoms with van der Waals surface area (Å²) in [4.78, 5) is 13.6. The van der Waals surface area contributed by atoms with Crippen LogP contribution in [0.15, 0.2) is 15.9 Å². The van der Waals surface area contributed by atoms with Gasteiger partial charge in [0.2, 0.25) is 0 Å². The molecule has 0 aromatic carbocycles. The van der Waals surface area contributed by atoms with Crippen molar-refractivity contribution in [2.75, 3.05) is 13.6 Å². The van der Waals surface area contributed by atoms with Gasteiger partial charge in [-0.3, -0.25) is 0 Å². The molecule has 0 saturated heterocycles. The third-order valence-corrected chi connectivity index (χ3v) is 3.36. The molecule has 1 aromatic heterocycles. The molecular formula is C9H12BrNOS. The summed E-state index contributed by atoms with van der Waals surface area (Å²) in [5.74, 6) is 0. The van der Waals surface area contributed by atoms with Crippen molar-refractivity contribution in [1.82, 2.24) is 4.90 Å². The fourth-order valence-electron chi connectivity index (χ4n) is 1.05. The zero-order chi connectivity index (χ0) is 9.68. The number of thiophene rings is 1. The highest BCUT2D eigenvalue weighted by atomic mass is 79.9. The molecule has 0 radical (unpaired) electrons. The third-order valence-electron chi connectivity index (χ3n) is 1.68. The monoisotopic (exact) mass is 261 g/mol. The van der Waals surface area contributed by atoms with Gasteiger partial charge in [0.05, 0.1) is 0 Å². The molecule has 0 fully saturated rings. The summed E-state index contributed by atoms with van der Waals surface area (Å²) < 4.78 is 1.14. The molecule has 0 amide bonds. The first-order valence-electron chi connectivity index (χ1n) is 4.07. The van der Waals surface area contributed by atoms with Gasteiger partial charge in [-0.2, -0.15) is 0 Å². The van der Waals surface area contributed by atoms with Gasteiger partial charge in [0.1, 0.15) is 6.29 Å². The van der Waals surface area contributed by atoms with Gasteiger partial charge in [-0.1, -0.05) is 0 Å². The molecule has 1 heterocycles. The van der Waals surface area contributed by atoms with Crippen LogP contribution in [0.5, 0.6) is 0 Å². The van der Waals surface area contributed by atoms with Gasteiger partial charge in [-0.25, -0.2) is 0 Å². The van der Waals surface area contributed by atoms with E-state index in [1.807, 2.05) is 7.05 Å². The molecule has 13 heavy (non-hydrogen) atoms. The van der Waals surface area contributed by atoms with E-state index in [0.717, 1.165) is 23.8 Å². The summed E-state index contributed by atoms with van der Waals surface area (Å²) in [7, 11) is 2.02. The predicted octanol–water partition coefficient (Wildman–Crippen LogP) is 2.53. The normalized spacial score (nSPS) is 10.7. The molecule has 1 aromatic rings. The lowest BCUT2D eigenvalue weighted by molar-refractivity contribution is -0.108. The summed E-state index contributed by atoms with van der Waals surface area (Å²) in [6.07, 6.45) is 1.57. The van der Waals surface area contributed by atoms with E-state index in [0.29, 0.717) is 6.42 Å². The molecule has 0 unspecified atom stereocenters. The van der Waals surface area contributed by atoms with Crippen molar-refractivity contribution >= 4 is 33.6 Å². The van der Waals surface area contributed by atoms with Crippen LogP contribution in [0.4, 0.5) is 0 Å². The first-order valence-corrected chi connectivity index (χ1v) is 5.74. The van der Waals surface area contributed by atoms with E-state index in [2.05, 4.69) is 32.3 Å². The Labute approximate surface area is 90.7 Å². The molecule has 0 atom stereocenters. The molecule has 4 heteroatoms. The Morgan fingerprint density at radius 2 is 2.46 bits per heavy atom. The molecule has 0 N–H and O–H groups in total. The highest BCUT2D eigenvalue weighted by Gasteiger charge is 2.01. The van der Waals surface area contributed by atoms with E-state index >= 15 is 0 Å². The number of hydrogen-bond donors (Lipinski definition) is 0. The van der Waals surface area contributed by atoms with Crippen LogP contribution in [0, 0.1) is 0 Å². The van der Waals surface area contributed by atoms with Crippen molar-refractivity contribution in [2.45, 2.75) is 13.0 Å². The number of hydrogen-bond acceptors (Lipinski definition) is 3. The second-order valence-corrected chi connectivity index (χ2v) is 4.84. The fraction of sp³-hybridized carbons (Fsp3) is 0.444. The maximum Gasteiger partial charge on any atom is 0.121 e. The molecule has 0 aliphatic carbocycles. The van der Waals surface area contributed by atoms with Crippen LogP contribution in [-0.4, -0.2) is 24.8 Å². The number of aldehydes is 1. The standard InChI is InChI=1S/C9H12BrNOS/c1-11(3-2-4-12)6-9-5-8(10)7-13-9/h4-5,7H,2-3,6H2,1H3. The summed E-state index contributed by atoms with van der Waals surface area (Å²) in [6.45, 7) is 1.75. The van der Waals surface area contributed by atoms with Crippen molar-refractivity contribution in [3.8, 4) is 0 Å². The Kier molecular flexibility index (Phi) is 4.62. The summed E-state index contributed by atoms with van der Waals surface area (Å²) >= 11 is 5.14. The first-order chi connectivity index (χ1) is 6.22. The van der Waals surface area contributed by atoms with E-state index < -0.39 is 0 Å². The highest BCUT2D eigenvalue weighted by Crippen LogP contribution is 2.20. The van der Waals surface area contributed by atoms with Crippen molar-refractivity contribution in [1.29, 1.82) is 0 Å². The molecule has 0 aliphatic heterocycles. The SMILES string of the molecule is CN(CCC=O)Cc1cc(Br)cs1. The molecule has 1 rings (SSSR count). The lowest BCUT2D eigenvalue weighted by Crippen LogP contribution is -2.18. The van der Waals surface area contributed by atoms with E-state index in [-0.39, 0.29) is 0 Å². The second-order valence-electron chi connectivity index (χ2n) is 2.92. The first kappa shape index (κ1) is 10.9. The molecule has 0 aliphatic rings. The van der Waals surface area contributed by atoms with Crippen LogP contribution in [0.25, 0.3) is 0 Å². The summed E-state index contributed by atoms with van der Waals surface area (Å²) in [6, 6.07) is 2.11. The smallest absolute Gasteiger partial charge is 0.121 e. The number of carbonyl (C=O) groups is 1. The minimum Gasteiger partial charge on any atom is -0.303 e. The number of nitrogens with zero attached hydrogens (tertiary/aromatic N) is 1. The zero-order valence-corrected chi connectivity index (χ0v) is 9.90. The topological polar surface area (TPSA) is 20.3 Å². The van der Waals surface area contributed by atoms with E-state index in [1.165, 1.54) is 4.88 Å². The van der Waals surface area contributed by atoms with Crippen molar-refractivity contribution < 1.29 is 4.79 Å². The molecule has 0 bridgehead atoms. The Morgan fingerprint density at radius 1 is 1.69 bits per heavy atom. The average Bonchev–Trinajstić information content (AvgIpc) is 2.48. The van der Waals surface area contributed by atoms with Crippen LogP contribution in [0.1, 0.15) is 11.3 Å². The van der Waals surface area contributed by atoms with Crippen LogP contribution < -0.4 is 0 Å². The maximum atomic E-state index is 10.1. The van der Waals surface area contributed by atoms with Gasteiger partial charge >= 0.3 is 0 Å². The van der Waals surface area contributed by atoms with Gasteiger partial charge in [0.15, 0.2) is 0 Å². The lowest BCUT2D eigenvalue weighted by atomic mass is 10.4. The van der Waals surface area contributed by atoms with Gasteiger partial charge in [-0.15, -0.1) is 11.3 Å². The Morgan fingerprint density at radius 3 is 3.00 bits per heavy atom. The summed E-state index contributed by atoms with van der Waals surface area (Å²) in [5.41, 5.74) is 0. The van der Waals surface area contributed by atoms with Crippen molar-refractivity contribution in [2.24, 2.45) is 0 Å². The Hall–Kier alpha value is -0.190. The summed E-state index contributed by atoms with van der Waals surface area (Å²) in [5, 5.41) is 2.07. The quantitative estimate of drug-likeness (QED) is 0.760. The Balaban J connectivity index is 2.35. The van der Waals surface area contributed by atoms with Crippen LogP contribution in [-0.2, 0) is 11.3 Å². The van der Waals surface area contributed by atoms with Gasteiger partial charge in [0.25, 0.3) is 0 Å². The fourth-order valence-corrected chi connectivity index (χ4v) is 2.59. The molecule has 0 spiro atoms. The van der Waals surface area contributed by atoms with Crippen molar-refractivity contribution in [3.05, 3.63) is 20.8 Å². The average molecular weight is 262 g/mol. The van der Waals surface area contributed by atoms with Gasteiger partial charge in [-0.05, 0) is 29.0 Å². The van der Waals surface area contributed by atoms with E-state index in [4.69, 9.17) is 0 Å². The van der Waals surface area contributed by atoms with Crippen LogP contribution >= 0.6 is 27.3 Å². The zero-order valence-electron chi connectivity index (χ0n) is 7.50. The highest BCUT2D eigenvalue weighted by molar-refractivity contribution is 9.10. The number of rotatable bonds is 5. The van der Waals surface area contributed by atoms with Crippen LogP contribution in [0.3, 0.4) is 0 Å². The molecule has 0 saturated carbocycles. The Bertz CT molecular complexity index is 274. The second kappa shape index (κ2) is 5.52. The van der Waals surface area contributed by atoms with Crippen LogP contribution in [0.2, 0.25) is 0 Å². The number of carbonyl (C=O) groups excluding carboxylic acids is 1. The lowest BCUT2D eigenvalue weighted by Gasteiger charge is -2.12.